The van der Waals surface area contributed by atoms with E-state index in [2.05, 4.69) is 0 Å². The lowest BCUT2D eigenvalue weighted by Gasteiger charge is -1.72. The van der Waals surface area contributed by atoms with E-state index in [1.165, 1.54) is 6.07 Å². The van der Waals surface area contributed by atoms with Crippen molar-refractivity contribution < 1.29 is 25.6 Å². The Hall–Kier alpha value is -1.16. The number of aliphatic hydroxyl groups excluding tert-OH is 2. The molecule has 0 saturated carbocycles. The van der Waals surface area contributed by atoms with Crippen molar-refractivity contribution in [3.63, 3.8) is 0 Å². The van der Waals surface area contributed by atoms with Gasteiger partial charge in [0.15, 0.2) is 0 Å². The van der Waals surface area contributed by atoms with Crippen molar-refractivity contribution in [1.82, 2.24) is 0 Å². The third-order valence-electron chi connectivity index (χ3n) is 0.206. The predicted molar refractivity (Wildman–Crippen MR) is 37.8 cm³/mol. The number of carboxylic acids is 1. The summed E-state index contributed by atoms with van der Waals surface area (Å²) in [6.07, 6.45) is 0. The summed E-state index contributed by atoms with van der Waals surface area (Å²) in [6, 6.07) is 1.49. The summed E-state index contributed by atoms with van der Waals surface area (Å²) in [5, 5.41) is 29.9. The van der Waals surface area contributed by atoms with E-state index < -0.39 is 12.6 Å². The molecule has 0 aromatic carbocycles. The maximum Gasteiger partial charge on any atom is 0.329 e. The molecule has 0 unspecified atom stereocenters. The van der Waals surface area contributed by atoms with Crippen LogP contribution in [0.4, 0.5) is 0 Å². The van der Waals surface area contributed by atoms with Crippen molar-refractivity contribution in [1.29, 1.82) is 5.26 Å². The standard InChI is InChI=1S/C2H3NO.C2H4O3.CH4.H2O/c3-1-2-4;3-1-2(4)5;;/h4H,2H2;3H,1H2,(H,4,5);1H4;1H2. The molecule has 0 rings (SSSR count). The van der Waals surface area contributed by atoms with Crippen LogP contribution in [-0.4, -0.2) is 40.0 Å². The fourth-order valence-electron chi connectivity index (χ4n) is 0. The van der Waals surface area contributed by atoms with E-state index in [4.69, 9.17) is 25.4 Å². The highest BCUT2D eigenvalue weighted by atomic mass is 16.4. The average Bonchev–Trinajstić information content (AvgIpc) is 1.89. The number of rotatable bonds is 1. The summed E-state index contributed by atoms with van der Waals surface area (Å²) in [4.78, 5) is 9.12. The van der Waals surface area contributed by atoms with Crippen LogP contribution in [0.3, 0.4) is 0 Å². The molecule has 0 bridgehead atoms. The molecule has 0 aromatic heterocycles. The molecule has 0 aliphatic rings. The van der Waals surface area contributed by atoms with Gasteiger partial charge >= 0.3 is 5.97 Å². The first kappa shape index (κ1) is 22.5. The summed E-state index contributed by atoms with van der Waals surface area (Å²) in [5.41, 5.74) is 0. The summed E-state index contributed by atoms with van der Waals surface area (Å²) in [6.45, 7) is -1.15. The van der Waals surface area contributed by atoms with E-state index in [1.807, 2.05) is 0 Å². The van der Waals surface area contributed by atoms with Gasteiger partial charge in [0.05, 0.1) is 6.07 Å². The second kappa shape index (κ2) is 23.2. The molecular formula is C5H13NO5. The molecule has 0 fully saturated rings. The first-order chi connectivity index (χ1) is 4.18. The van der Waals surface area contributed by atoms with Gasteiger partial charge in [-0.05, 0) is 0 Å². The molecule has 68 valence electrons. The van der Waals surface area contributed by atoms with E-state index in [1.54, 1.807) is 0 Å². The Morgan fingerprint density at radius 2 is 1.64 bits per heavy atom. The third kappa shape index (κ3) is 122. The highest BCUT2D eigenvalue weighted by Crippen LogP contribution is 1.48. The normalized spacial score (nSPS) is 5.18. The number of nitrogens with zero attached hydrogens (tertiary/aromatic N) is 1. The van der Waals surface area contributed by atoms with Gasteiger partial charge in [0.1, 0.15) is 13.2 Å². The minimum absolute atomic E-state index is 0. The van der Waals surface area contributed by atoms with E-state index in [9.17, 15) is 0 Å². The van der Waals surface area contributed by atoms with Crippen LogP contribution in [0.15, 0.2) is 0 Å². The molecule has 0 spiro atoms. The first-order valence-electron chi connectivity index (χ1n) is 1.99. The molecular weight excluding hydrogens is 154 g/mol. The fraction of sp³-hybridized carbons (Fsp3) is 0.600. The zero-order valence-electron chi connectivity index (χ0n) is 5.11. The van der Waals surface area contributed by atoms with E-state index >= 15 is 0 Å². The van der Waals surface area contributed by atoms with Gasteiger partial charge in [0.2, 0.25) is 0 Å². The third-order valence-corrected chi connectivity index (χ3v) is 0.206. The van der Waals surface area contributed by atoms with Crippen molar-refractivity contribution in [2.75, 3.05) is 13.2 Å². The van der Waals surface area contributed by atoms with Crippen LogP contribution in [-0.2, 0) is 4.79 Å². The van der Waals surface area contributed by atoms with Crippen LogP contribution in [0.5, 0.6) is 0 Å². The highest BCUT2D eigenvalue weighted by molar-refractivity contribution is 5.67. The quantitative estimate of drug-likeness (QED) is 0.403. The van der Waals surface area contributed by atoms with Crippen molar-refractivity contribution >= 4 is 5.97 Å². The first-order valence-corrected chi connectivity index (χ1v) is 1.99. The van der Waals surface area contributed by atoms with Crippen LogP contribution >= 0.6 is 0 Å². The van der Waals surface area contributed by atoms with Gasteiger partial charge in [0.25, 0.3) is 0 Å². The molecule has 11 heavy (non-hydrogen) atoms. The van der Waals surface area contributed by atoms with Gasteiger partial charge in [-0.2, -0.15) is 5.26 Å². The van der Waals surface area contributed by atoms with Crippen molar-refractivity contribution in [2.24, 2.45) is 0 Å². The topological polar surface area (TPSA) is 133 Å². The zero-order chi connectivity index (χ0) is 7.70. The Balaban J connectivity index is -0.0000000383. The van der Waals surface area contributed by atoms with E-state index in [-0.39, 0.29) is 19.5 Å². The maximum absolute atomic E-state index is 9.12. The van der Waals surface area contributed by atoms with Crippen LogP contribution in [0, 0.1) is 11.3 Å². The van der Waals surface area contributed by atoms with E-state index in [0.29, 0.717) is 0 Å². The van der Waals surface area contributed by atoms with Crippen LogP contribution in [0.1, 0.15) is 7.43 Å². The second-order valence-corrected chi connectivity index (χ2v) is 0.868. The molecule has 0 saturated heterocycles. The monoisotopic (exact) mass is 167 g/mol. The van der Waals surface area contributed by atoms with Crippen molar-refractivity contribution in [3.8, 4) is 6.07 Å². The molecule has 0 aromatic rings. The molecule has 0 radical (unpaired) electrons. The lowest BCUT2D eigenvalue weighted by atomic mass is 10.8. The Labute approximate surface area is 64.6 Å². The van der Waals surface area contributed by atoms with Gasteiger partial charge in [-0.3, -0.25) is 0 Å². The Kier molecular flexibility index (Phi) is 47.5. The lowest BCUT2D eigenvalue weighted by Crippen LogP contribution is -1.98. The molecule has 0 atom stereocenters. The molecule has 0 aliphatic heterocycles. The largest absolute Gasteiger partial charge is 0.480 e. The van der Waals surface area contributed by atoms with Gasteiger partial charge in [-0.1, -0.05) is 7.43 Å². The van der Waals surface area contributed by atoms with Gasteiger partial charge in [-0.25, -0.2) is 4.79 Å². The summed E-state index contributed by atoms with van der Waals surface area (Å²) in [7, 11) is 0. The SMILES string of the molecule is C.N#CCO.O.O=C(O)CO. The number of aliphatic carboxylic acids is 1. The van der Waals surface area contributed by atoms with Gasteiger partial charge in [-0.15, -0.1) is 0 Å². The fourth-order valence-corrected chi connectivity index (χ4v) is 0. The summed E-state index contributed by atoms with van der Waals surface area (Å²) in [5.74, 6) is -1.19. The van der Waals surface area contributed by atoms with Crippen LogP contribution < -0.4 is 0 Å². The molecule has 6 heteroatoms. The Bertz CT molecular complexity index is 108. The maximum atomic E-state index is 9.12. The number of hydrogen-bond acceptors (Lipinski definition) is 4. The highest BCUT2D eigenvalue weighted by Gasteiger charge is 1.82. The van der Waals surface area contributed by atoms with Crippen LogP contribution in [0.25, 0.3) is 0 Å². The van der Waals surface area contributed by atoms with Crippen LogP contribution in [0.2, 0.25) is 0 Å². The number of carbonyl (C=O) groups is 1. The smallest absolute Gasteiger partial charge is 0.329 e. The minimum atomic E-state index is -1.19. The number of aliphatic hydroxyl groups is 2. The number of hydrogen-bond donors (Lipinski definition) is 3. The van der Waals surface area contributed by atoms with Crippen molar-refractivity contribution in [2.45, 2.75) is 7.43 Å². The molecule has 0 aliphatic carbocycles. The lowest BCUT2D eigenvalue weighted by molar-refractivity contribution is -0.140. The summed E-state index contributed by atoms with van der Waals surface area (Å²) < 4.78 is 0. The average molecular weight is 167 g/mol. The molecule has 5 N–H and O–H groups in total. The molecule has 0 amide bonds. The predicted octanol–water partition coefficient (Wildman–Crippen LogP) is -1.62. The Morgan fingerprint density at radius 1 is 1.45 bits per heavy atom. The Morgan fingerprint density at radius 3 is 1.64 bits per heavy atom. The van der Waals surface area contributed by atoms with E-state index in [0.717, 1.165) is 0 Å². The zero-order valence-corrected chi connectivity index (χ0v) is 5.11. The number of nitriles is 1. The second-order valence-electron chi connectivity index (χ2n) is 0.868. The molecule has 0 heterocycles. The van der Waals surface area contributed by atoms with Crippen molar-refractivity contribution in [3.05, 3.63) is 0 Å². The number of carboxylic acid groups (broad SMARTS) is 1. The summed E-state index contributed by atoms with van der Waals surface area (Å²) >= 11 is 0. The minimum Gasteiger partial charge on any atom is -0.480 e. The molecule has 6 nitrogen and oxygen atoms in total. The van der Waals surface area contributed by atoms with Gasteiger partial charge < -0.3 is 20.8 Å². The van der Waals surface area contributed by atoms with Gasteiger partial charge in [0, 0.05) is 0 Å².